The zero-order valence-corrected chi connectivity index (χ0v) is 7.46. The van der Waals surface area contributed by atoms with Crippen LogP contribution in [0.3, 0.4) is 0 Å². The van der Waals surface area contributed by atoms with E-state index in [-0.39, 0.29) is 0 Å². The molecule has 11 heavy (non-hydrogen) atoms. The Balaban J connectivity index is 1.99. The molecule has 0 aromatic carbocycles. The van der Waals surface area contributed by atoms with Crippen molar-refractivity contribution in [2.24, 2.45) is 11.8 Å². The van der Waals surface area contributed by atoms with E-state index in [0.717, 1.165) is 17.9 Å². The SMILES string of the molecule is CC(C)N1CC2C=CCC2C1. The normalized spacial score (nSPS) is 37.0. The smallest absolute Gasteiger partial charge is 0.00504 e. The molecule has 1 heteroatoms. The molecule has 0 N–H and O–H groups in total. The molecule has 2 aliphatic rings. The van der Waals surface area contributed by atoms with Gasteiger partial charge in [-0.1, -0.05) is 12.2 Å². The van der Waals surface area contributed by atoms with Gasteiger partial charge < -0.3 is 4.90 Å². The molecule has 62 valence electrons. The van der Waals surface area contributed by atoms with E-state index in [0.29, 0.717) is 0 Å². The van der Waals surface area contributed by atoms with Crippen molar-refractivity contribution in [3.05, 3.63) is 12.2 Å². The first-order valence-electron chi connectivity index (χ1n) is 4.68. The summed E-state index contributed by atoms with van der Waals surface area (Å²) in [7, 11) is 0. The van der Waals surface area contributed by atoms with Gasteiger partial charge in [0.25, 0.3) is 0 Å². The van der Waals surface area contributed by atoms with Gasteiger partial charge in [0, 0.05) is 19.1 Å². The highest BCUT2D eigenvalue weighted by Gasteiger charge is 2.33. The highest BCUT2D eigenvalue weighted by molar-refractivity contribution is 5.06. The molecule has 0 saturated carbocycles. The highest BCUT2D eigenvalue weighted by atomic mass is 15.2. The Bertz CT molecular complexity index is 172. The Morgan fingerprint density at radius 3 is 2.82 bits per heavy atom. The fourth-order valence-corrected chi connectivity index (χ4v) is 2.25. The van der Waals surface area contributed by atoms with Crippen molar-refractivity contribution in [2.75, 3.05) is 13.1 Å². The lowest BCUT2D eigenvalue weighted by atomic mass is 10.0. The molecule has 0 aromatic rings. The summed E-state index contributed by atoms with van der Waals surface area (Å²) < 4.78 is 0. The standard InChI is InChI=1S/C10H17N/c1-8(2)11-6-9-4-3-5-10(9)7-11/h3-4,8-10H,5-7H2,1-2H3. The predicted octanol–water partition coefficient (Wildman–Crippen LogP) is 1.90. The molecule has 1 aliphatic carbocycles. The van der Waals surface area contributed by atoms with Crippen molar-refractivity contribution in [2.45, 2.75) is 26.3 Å². The van der Waals surface area contributed by atoms with Crippen molar-refractivity contribution in [1.29, 1.82) is 0 Å². The third-order valence-corrected chi connectivity index (χ3v) is 3.07. The first kappa shape index (κ1) is 7.35. The molecule has 2 unspecified atom stereocenters. The second kappa shape index (κ2) is 2.63. The van der Waals surface area contributed by atoms with Crippen LogP contribution < -0.4 is 0 Å². The summed E-state index contributed by atoms with van der Waals surface area (Å²) in [6.45, 7) is 7.23. The molecular weight excluding hydrogens is 134 g/mol. The Labute approximate surface area is 69.1 Å². The Morgan fingerprint density at radius 1 is 1.36 bits per heavy atom. The van der Waals surface area contributed by atoms with Crippen LogP contribution in [0.1, 0.15) is 20.3 Å². The van der Waals surface area contributed by atoms with Gasteiger partial charge in [-0.05, 0) is 32.1 Å². The average Bonchev–Trinajstić information content (AvgIpc) is 2.40. The largest absolute Gasteiger partial charge is 0.300 e. The summed E-state index contributed by atoms with van der Waals surface area (Å²) in [5.41, 5.74) is 0. The minimum Gasteiger partial charge on any atom is -0.300 e. The maximum Gasteiger partial charge on any atom is 0.00504 e. The first-order chi connectivity index (χ1) is 5.27. The molecule has 0 radical (unpaired) electrons. The molecule has 0 bridgehead atoms. The molecule has 2 atom stereocenters. The van der Waals surface area contributed by atoms with E-state index in [1.807, 2.05) is 0 Å². The van der Waals surface area contributed by atoms with E-state index in [9.17, 15) is 0 Å². The fourth-order valence-electron chi connectivity index (χ4n) is 2.25. The van der Waals surface area contributed by atoms with Crippen molar-refractivity contribution in [3.8, 4) is 0 Å². The van der Waals surface area contributed by atoms with Crippen LogP contribution in [-0.2, 0) is 0 Å². The van der Waals surface area contributed by atoms with Gasteiger partial charge in [0.2, 0.25) is 0 Å². The monoisotopic (exact) mass is 151 g/mol. The van der Waals surface area contributed by atoms with Crippen LogP contribution in [0.15, 0.2) is 12.2 Å². The summed E-state index contributed by atoms with van der Waals surface area (Å²) >= 11 is 0. The summed E-state index contributed by atoms with van der Waals surface area (Å²) in [6.07, 6.45) is 6.09. The molecule has 0 spiro atoms. The van der Waals surface area contributed by atoms with Crippen LogP contribution in [-0.4, -0.2) is 24.0 Å². The molecule has 0 amide bonds. The van der Waals surface area contributed by atoms with Gasteiger partial charge in [-0.3, -0.25) is 0 Å². The lowest BCUT2D eigenvalue weighted by molar-refractivity contribution is 0.262. The molecule has 1 saturated heterocycles. The fraction of sp³-hybridized carbons (Fsp3) is 0.800. The maximum absolute atomic E-state index is 2.60. The lowest BCUT2D eigenvalue weighted by Gasteiger charge is -2.20. The van der Waals surface area contributed by atoms with Gasteiger partial charge >= 0.3 is 0 Å². The second-order valence-corrected chi connectivity index (χ2v) is 4.14. The molecular formula is C10H17N. The van der Waals surface area contributed by atoms with E-state index in [1.54, 1.807) is 0 Å². The molecule has 1 fully saturated rings. The zero-order valence-electron chi connectivity index (χ0n) is 7.46. The van der Waals surface area contributed by atoms with Crippen LogP contribution in [0.4, 0.5) is 0 Å². The Kier molecular flexibility index (Phi) is 1.76. The number of hydrogen-bond acceptors (Lipinski definition) is 1. The Hall–Kier alpha value is -0.300. The number of hydrogen-bond donors (Lipinski definition) is 0. The molecule has 0 aromatic heterocycles. The zero-order chi connectivity index (χ0) is 7.84. The number of likely N-dealkylation sites (tertiary alicyclic amines) is 1. The van der Waals surface area contributed by atoms with E-state index < -0.39 is 0 Å². The summed E-state index contributed by atoms with van der Waals surface area (Å²) in [4.78, 5) is 2.60. The van der Waals surface area contributed by atoms with Gasteiger partial charge in [0.05, 0.1) is 0 Å². The van der Waals surface area contributed by atoms with Crippen LogP contribution >= 0.6 is 0 Å². The van der Waals surface area contributed by atoms with Crippen molar-refractivity contribution in [3.63, 3.8) is 0 Å². The summed E-state index contributed by atoms with van der Waals surface area (Å²) in [6, 6.07) is 0.744. The van der Waals surface area contributed by atoms with E-state index >= 15 is 0 Å². The number of rotatable bonds is 1. The molecule has 2 rings (SSSR count). The van der Waals surface area contributed by atoms with Gasteiger partial charge in [0.1, 0.15) is 0 Å². The van der Waals surface area contributed by atoms with Crippen LogP contribution in [0.25, 0.3) is 0 Å². The van der Waals surface area contributed by atoms with Crippen molar-refractivity contribution >= 4 is 0 Å². The third kappa shape index (κ3) is 1.22. The number of nitrogens with zero attached hydrogens (tertiary/aromatic N) is 1. The van der Waals surface area contributed by atoms with Gasteiger partial charge in [0.15, 0.2) is 0 Å². The van der Waals surface area contributed by atoms with Crippen molar-refractivity contribution < 1.29 is 0 Å². The second-order valence-electron chi connectivity index (χ2n) is 4.14. The van der Waals surface area contributed by atoms with Crippen LogP contribution in [0.2, 0.25) is 0 Å². The van der Waals surface area contributed by atoms with Crippen LogP contribution in [0.5, 0.6) is 0 Å². The quantitative estimate of drug-likeness (QED) is 0.517. The van der Waals surface area contributed by atoms with Gasteiger partial charge in [-0.25, -0.2) is 0 Å². The summed E-state index contributed by atoms with van der Waals surface area (Å²) in [5.74, 6) is 1.84. The topological polar surface area (TPSA) is 3.24 Å². The van der Waals surface area contributed by atoms with E-state index in [4.69, 9.17) is 0 Å². The van der Waals surface area contributed by atoms with E-state index in [2.05, 4.69) is 30.9 Å². The first-order valence-corrected chi connectivity index (χ1v) is 4.68. The highest BCUT2D eigenvalue weighted by Crippen LogP contribution is 2.33. The van der Waals surface area contributed by atoms with Crippen molar-refractivity contribution in [1.82, 2.24) is 4.90 Å². The van der Waals surface area contributed by atoms with Gasteiger partial charge in [-0.2, -0.15) is 0 Å². The number of fused-ring (bicyclic) bond motifs is 1. The third-order valence-electron chi connectivity index (χ3n) is 3.07. The lowest BCUT2D eigenvalue weighted by Crippen LogP contribution is -2.28. The Morgan fingerprint density at radius 2 is 2.18 bits per heavy atom. The molecule has 1 nitrogen and oxygen atoms in total. The predicted molar refractivity (Wildman–Crippen MR) is 47.4 cm³/mol. The molecule has 1 aliphatic heterocycles. The van der Waals surface area contributed by atoms with Gasteiger partial charge in [-0.15, -0.1) is 0 Å². The molecule has 1 heterocycles. The minimum absolute atomic E-state index is 0.744. The summed E-state index contributed by atoms with van der Waals surface area (Å²) in [5, 5.41) is 0. The number of allylic oxidation sites excluding steroid dienone is 1. The average molecular weight is 151 g/mol. The van der Waals surface area contributed by atoms with Crippen LogP contribution in [0, 0.1) is 11.8 Å². The maximum atomic E-state index is 2.60. The minimum atomic E-state index is 0.744. The van der Waals surface area contributed by atoms with E-state index in [1.165, 1.54) is 19.5 Å².